The van der Waals surface area contributed by atoms with E-state index in [0.717, 1.165) is 25.8 Å². The smallest absolute Gasteiger partial charge is 0.306 e. The summed E-state index contributed by atoms with van der Waals surface area (Å²) in [6, 6.07) is 7.05. The zero-order valence-electron chi connectivity index (χ0n) is 19.3. The van der Waals surface area contributed by atoms with Gasteiger partial charge in [-0.1, -0.05) is 12.1 Å². The molecule has 1 unspecified atom stereocenters. The maximum absolute atomic E-state index is 12.2. The number of aromatic nitrogens is 3. The molecular weight excluding hydrogens is 444 g/mol. The van der Waals surface area contributed by atoms with Gasteiger partial charge in [0.15, 0.2) is 0 Å². The monoisotopic (exact) mass is 476 g/mol. The van der Waals surface area contributed by atoms with Crippen molar-refractivity contribution in [3.05, 3.63) is 36.2 Å². The predicted molar refractivity (Wildman–Crippen MR) is 126 cm³/mol. The van der Waals surface area contributed by atoms with Gasteiger partial charge in [0.25, 0.3) is 0 Å². The van der Waals surface area contributed by atoms with Crippen LogP contribution in [0.25, 0.3) is 0 Å². The third-order valence-corrected chi connectivity index (χ3v) is 5.83. The number of ether oxygens (including phenoxy) is 1. The fourth-order valence-electron chi connectivity index (χ4n) is 3.83. The maximum atomic E-state index is 12.2. The molecule has 1 aromatic heterocycles. The van der Waals surface area contributed by atoms with Crippen LogP contribution in [-0.4, -0.2) is 47.5 Å². The van der Waals surface area contributed by atoms with Gasteiger partial charge in [-0.2, -0.15) is 4.98 Å². The van der Waals surface area contributed by atoms with E-state index in [0.29, 0.717) is 36.0 Å². The second-order valence-electron chi connectivity index (χ2n) is 9.21. The van der Waals surface area contributed by atoms with E-state index >= 15 is 0 Å². The average molecular weight is 477 g/mol. The van der Waals surface area contributed by atoms with E-state index in [1.807, 2.05) is 20.8 Å². The Labute approximate surface area is 195 Å². The number of hydrogen-bond donors (Lipinski definition) is 2. The summed E-state index contributed by atoms with van der Waals surface area (Å²) >= 11 is 0. The number of rotatable bonds is 8. The largest absolute Gasteiger partial charge is 0.460 e. The molecule has 1 aliphatic heterocycles. The molecule has 2 aromatic rings. The molecule has 1 saturated heterocycles. The van der Waals surface area contributed by atoms with Crippen molar-refractivity contribution in [1.29, 1.82) is 0 Å². The van der Waals surface area contributed by atoms with Crippen LogP contribution in [0.15, 0.2) is 30.6 Å². The lowest BCUT2D eigenvalue weighted by atomic mass is 9.98. The molecule has 0 spiro atoms. The third kappa shape index (κ3) is 8.25. The molecule has 1 aliphatic rings. The Hall–Kier alpha value is -2.79. The number of esters is 1. The molecule has 2 heterocycles. The zero-order chi connectivity index (χ0) is 24.1. The minimum absolute atomic E-state index is 0.139. The Bertz CT molecular complexity index is 1070. The first kappa shape index (κ1) is 24.8. The third-order valence-electron chi connectivity index (χ3n) is 5.10. The van der Waals surface area contributed by atoms with Crippen LogP contribution < -0.4 is 15.4 Å². The van der Waals surface area contributed by atoms with Gasteiger partial charge in [-0.15, -0.1) is 0 Å². The molecule has 1 aromatic carbocycles. The van der Waals surface area contributed by atoms with Crippen LogP contribution >= 0.6 is 0 Å². The number of benzene rings is 1. The molecule has 0 radical (unpaired) electrons. The van der Waals surface area contributed by atoms with E-state index in [2.05, 4.69) is 25.2 Å². The number of nitrogens with one attached hydrogen (secondary N) is 1. The molecule has 180 valence electrons. The Morgan fingerprint density at radius 2 is 2.06 bits per heavy atom. The number of anilines is 3. The first-order valence-corrected chi connectivity index (χ1v) is 12.7. The van der Waals surface area contributed by atoms with Gasteiger partial charge in [0, 0.05) is 24.7 Å². The highest BCUT2D eigenvalue weighted by molar-refractivity contribution is 7.88. The van der Waals surface area contributed by atoms with Gasteiger partial charge >= 0.3 is 5.97 Å². The van der Waals surface area contributed by atoms with E-state index < -0.39 is 15.6 Å². The van der Waals surface area contributed by atoms with Crippen molar-refractivity contribution in [2.75, 3.05) is 16.8 Å². The van der Waals surface area contributed by atoms with Gasteiger partial charge in [0.1, 0.15) is 11.9 Å². The first-order valence-electron chi connectivity index (χ1n) is 11.0. The highest BCUT2D eigenvalue weighted by atomic mass is 32.2. The first-order chi connectivity index (χ1) is 15.5. The molecule has 0 saturated carbocycles. The van der Waals surface area contributed by atoms with E-state index in [-0.39, 0.29) is 17.8 Å². The zero-order valence-corrected chi connectivity index (χ0v) is 20.1. The summed E-state index contributed by atoms with van der Waals surface area (Å²) in [5.74, 6) is 0.439. The van der Waals surface area contributed by atoms with E-state index in [1.54, 1.807) is 24.3 Å². The lowest BCUT2D eigenvalue weighted by molar-refractivity contribution is -0.155. The van der Waals surface area contributed by atoms with E-state index in [1.165, 1.54) is 6.33 Å². The fraction of sp³-hybridized carbons (Fsp3) is 0.545. The quantitative estimate of drug-likeness (QED) is 0.550. The Morgan fingerprint density at radius 1 is 1.27 bits per heavy atom. The molecule has 0 aliphatic carbocycles. The highest BCUT2D eigenvalue weighted by Gasteiger charge is 2.26. The lowest BCUT2D eigenvalue weighted by Crippen LogP contribution is -2.41. The van der Waals surface area contributed by atoms with Crippen molar-refractivity contribution in [2.24, 2.45) is 5.14 Å². The minimum Gasteiger partial charge on any atom is -0.460 e. The summed E-state index contributed by atoms with van der Waals surface area (Å²) in [6.45, 7) is 6.39. The van der Waals surface area contributed by atoms with Crippen LogP contribution in [0, 0.1) is 0 Å². The van der Waals surface area contributed by atoms with Gasteiger partial charge in [-0.3, -0.25) is 4.79 Å². The summed E-state index contributed by atoms with van der Waals surface area (Å²) in [5, 5.41) is 8.24. The summed E-state index contributed by atoms with van der Waals surface area (Å²) < 4.78 is 28.2. The van der Waals surface area contributed by atoms with Gasteiger partial charge in [0.2, 0.25) is 21.9 Å². The second kappa shape index (κ2) is 10.4. The predicted octanol–water partition coefficient (Wildman–Crippen LogP) is 2.88. The molecule has 1 atom stereocenters. The Balaban J connectivity index is 1.69. The number of nitrogens with zero attached hydrogens (tertiary/aromatic N) is 4. The molecule has 3 rings (SSSR count). The molecule has 11 heteroatoms. The average Bonchev–Trinajstić information content (AvgIpc) is 2.70. The minimum atomic E-state index is -3.62. The number of carbonyl (C=O) groups excluding carboxylic acids is 1. The number of sulfonamides is 1. The van der Waals surface area contributed by atoms with Crippen LogP contribution in [0.2, 0.25) is 0 Å². The van der Waals surface area contributed by atoms with Crippen molar-refractivity contribution in [3.8, 4) is 0 Å². The van der Waals surface area contributed by atoms with Crippen molar-refractivity contribution >= 4 is 33.6 Å². The standard InChI is InChI=1S/C22H32N6O4S/c1-22(2,3)32-19(29)11-10-18-9-4-5-12-28(18)21-25-15-24-20(27-21)26-17-8-6-7-16(13-17)14-33(23,30)31/h6-8,13,15,18H,4-5,9-12,14H2,1-3H3,(H2,23,30,31)(H,24,25,26,27). The Kier molecular flexibility index (Phi) is 7.85. The maximum Gasteiger partial charge on any atom is 0.306 e. The summed E-state index contributed by atoms with van der Waals surface area (Å²) in [5.41, 5.74) is 0.715. The normalized spacial score (nSPS) is 17.0. The Morgan fingerprint density at radius 3 is 2.79 bits per heavy atom. The fourth-order valence-corrected chi connectivity index (χ4v) is 4.47. The van der Waals surface area contributed by atoms with Gasteiger partial charge < -0.3 is 15.0 Å². The van der Waals surface area contributed by atoms with Gasteiger partial charge in [0.05, 0.1) is 5.75 Å². The van der Waals surface area contributed by atoms with Crippen LogP contribution in [0.1, 0.15) is 58.4 Å². The molecule has 10 nitrogen and oxygen atoms in total. The van der Waals surface area contributed by atoms with Crippen LogP contribution in [0.5, 0.6) is 0 Å². The van der Waals surface area contributed by atoms with Crippen molar-refractivity contribution in [3.63, 3.8) is 0 Å². The summed E-state index contributed by atoms with van der Waals surface area (Å²) in [6.07, 6.45) is 5.51. The van der Waals surface area contributed by atoms with E-state index in [4.69, 9.17) is 9.88 Å². The molecule has 3 N–H and O–H groups in total. The number of carbonyl (C=O) groups is 1. The summed E-state index contributed by atoms with van der Waals surface area (Å²) in [7, 11) is -3.62. The number of nitrogens with two attached hydrogens (primary N) is 1. The van der Waals surface area contributed by atoms with Gasteiger partial charge in [-0.05, 0) is 64.2 Å². The van der Waals surface area contributed by atoms with Crippen LogP contribution in [0.4, 0.5) is 17.6 Å². The molecular formula is C22H32N6O4S. The highest BCUT2D eigenvalue weighted by Crippen LogP contribution is 2.26. The molecule has 1 fully saturated rings. The number of primary sulfonamides is 1. The molecule has 0 amide bonds. The molecule has 33 heavy (non-hydrogen) atoms. The van der Waals surface area contributed by atoms with Crippen molar-refractivity contribution < 1.29 is 17.9 Å². The number of hydrogen-bond acceptors (Lipinski definition) is 9. The van der Waals surface area contributed by atoms with Crippen LogP contribution in [0.3, 0.4) is 0 Å². The van der Waals surface area contributed by atoms with Gasteiger partial charge in [-0.25, -0.2) is 23.5 Å². The van der Waals surface area contributed by atoms with Crippen LogP contribution in [-0.2, 0) is 25.3 Å². The van der Waals surface area contributed by atoms with E-state index in [9.17, 15) is 13.2 Å². The summed E-state index contributed by atoms with van der Waals surface area (Å²) in [4.78, 5) is 27.4. The van der Waals surface area contributed by atoms with Crippen molar-refractivity contribution in [1.82, 2.24) is 15.0 Å². The lowest BCUT2D eigenvalue weighted by Gasteiger charge is -2.35. The molecule has 0 bridgehead atoms. The van der Waals surface area contributed by atoms with Crippen molar-refractivity contribution in [2.45, 2.75) is 70.3 Å². The second-order valence-corrected chi connectivity index (χ2v) is 10.8. The SMILES string of the molecule is CC(C)(C)OC(=O)CCC1CCCCN1c1ncnc(Nc2cccc(CS(N)(=O)=O)c2)n1. The topological polar surface area (TPSA) is 140 Å². The number of piperidine rings is 1.